The lowest BCUT2D eigenvalue weighted by molar-refractivity contribution is 0.0695. The summed E-state index contributed by atoms with van der Waals surface area (Å²) < 4.78 is 17.0. The zero-order chi connectivity index (χ0) is 23.9. The van der Waals surface area contributed by atoms with Gasteiger partial charge in [0.1, 0.15) is 23.9 Å². The Hall–Kier alpha value is -3.55. The molecule has 178 valence electrons. The predicted molar refractivity (Wildman–Crippen MR) is 128 cm³/mol. The van der Waals surface area contributed by atoms with E-state index in [0.29, 0.717) is 57.4 Å². The number of carboxylic acid groups (broad SMARTS) is 1. The van der Waals surface area contributed by atoms with Crippen LogP contribution in [0.5, 0.6) is 17.2 Å². The predicted octanol–water partition coefficient (Wildman–Crippen LogP) is 4.10. The summed E-state index contributed by atoms with van der Waals surface area (Å²) in [4.78, 5) is 13.7. The molecule has 0 saturated heterocycles. The number of phenols is 1. The molecule has 0 amide bonds. The minimum atomic E-state index is -0.962. The number of hydrogen-bond donors (Lipinski definition) is 2. The molecule has 0 unspecified atom stereocenters. The molecule has 1 aliphatic rings. The Bertz CT molecular complexity index is 1150. The van der Waals surface area contributed by atoms with E-state index in [9.17, 15) is 15.0 Å². The Morgan fingerprint density at radius 3 is 2.71 bits per heavy atom. The number of nitrogens with zero attached hydrogens (tertiary/aromatic N) is 1. The number of aromatic hydroxyl groups is 1. The molecule has 0 fully saturated rings. The summed E-state index contributed by atoms with van der Waals surface area (Å²) in [7, 11) is 1.61. The Labute approximate surface area is 199 Å². The van der Waals surface area contributed by atoms with Crippen LogP contribution in [0.2, 0.25) is 0 Å². The molecule has 1 heterocycles. The van der Waals surface area contributed by atoms with Crippen LogP contribution >= 0.6 is 0 Å². The van der Waals surface area contributed by atoms with E-state index in [-0.39, 0.29) is 11.3 Å². The van der Waals surface area contributed by atoms with E-state index < -0.39 is 5.97 Å². The quantitative estimate of drug-likeness (QED) is 0.602. The maximum absolute atomic E-state index is 11.5. The Morgan fingerprint density at radius 2 is 1.88 bits per heavy atom. The zero-order valence-corrected chi connectivity index (χ0v) is 19.2. The van der Waals surface area contributed by atoms with E-state index in [2.05, 4.69) is 17.0 Å². The van der Waals surface area contributed by atoms with E-state index in [1.807, 2.05) is 18.2 Å². The lowest BCUT2D eigenvalue weighted by atomic mass is 10.00. The third-order valence-electron chi connectivity index (χ3n) is 5.82. The maximum atomic E-state index is 11.5. The molecule has 3 aromatic carbocycles. The number of carbonyl (C=O) groups is 1. The highest BCUT2D eigenvalue weighted by atomic mass is 16.5. The molecule has 0 spiro atoms. The standard InChI is InChI=1S/C27H29NO6/c1-32-24-6-7-25(29)23(16-24)18-28-9-10-33-11-12-34-26-8-5-21(27(30)31)15-22(26)14-19-3-2-4-20(13-19)17-28/h2-8,13,15-16,29H,9-12,14,17-18H2,1H3,(H,30,31). The van der Waals surface area contributed by atoms with Gasteiger partial charge in [-0.05, 0) is 53.1 Å². The second-order valence-electron chi connectivity index (χ2n) is 8.29. The smallest absolute Gasteiger partial charge is 0.335 e. The third kappa shape index (κ3) is 6.07. The van der Waals surface area contributed by atoms with Crippen LogP contribution < -0.4 is 9.47 Å². The van der Waals surface area contributed by atoms with Crippen molar-refractivity contribution in [2.75, 3.05) is 33.5 Å². The van der Waals surface area contributed by atoms with Crippen molar-refractivity contribution in [3.05, 3.63) is 88.5 Å². The molecule has 34 heavy (non-hydrogen) atoms. The van der Waals surface area contributed by atoms with Gasteiger partial charge in [0.05, 0.1) is 25.9 Å². The van der Waals surface area contributed by atoms with E-state index in [0.717, 1.165) is 22.3 Å². The average molecular weight is 464 g/mol. The third-order valence-corrected chi connectivity index (χ3v) is 5.82. The number of aromatic carboxylic acids is 1. The van der Waals surface area contributed by atoms with Gasteiger partial charge in [0, 0.05) is 31.6 Å². The number of methoxy groups -OCH3 is 1. The highest BCUT2D eigenvalue weighted by Crippen LogP contribution is 2.27. The van der Waals surface area contributed by atoms with Crippen LogP contribution in [-0.2, 0) is 24.2 Å². The first-order valence-corrected chi connectivity index (χ1v) is 11.2. The van der Waals surface area contributed by atoms with Gasteiger partial charge in [-0.1, -0.05) is 24.3 Å². The summed E-state index contributed by atoms with van der Waals surface area (Å²) in [5, 5.41) is 19.8. The van der Waals surface area contributed by atoms with Crippen molar-refractivity contribution in [1.82, 2.24) is 4.90 Å². The fourth-order valence-corrected chi connectivity index (χ4v) is 4.08. The summed E-state index contributed by atoms with van der Waals surface area (Å²) in [5.41, 5.74) is 4.04. The fraction of sp³-hybridized carbons (Fsp3) is 0.296. The van der Waals surface area contributed by atoms with Gasteiger partial charge in [0.2, 0.25) is 0 Å². The minimum Gasteiger partial charge on any atom is -0.508 e. The van der Waals surface area contributed by atoms with Crippen molar-refractivity contribution in [3.63, 3.8) is 0 Å². The summed E-state index contributed by atoms with van der Waals surface area (Å²) in [6.07, 6.45) is 0.557. The Morgan fingerprint density at radius 1 is 1.03 bits per heavy atom. The van der Waals surface area contributed by atoms with Crippen LogP contribution in [-0.4, -0.2) is 54.6 Å². The monoisotopic (exact) mass is 463 g/mol. The lowest BCUT2D eigenvalue weighted by Crippen LogP contribution is -2.27. The summed E-state index contributed by atoms with van der Waals surface area (Å²) in [6, 6.07) is 18.4. The van der Waals surface area contributed by atoms with Gasteiger partial charge in [-0.15, -0.1) is 0 Å². The maximum Gasteiger partial charge on any atom is 0.335 e. The fourth-order valence-electron chi connectivity index (χ4n) is 4.08. The molecule has 0 aromatic heterocycles. The average Bonchev–Trinajstić information content (AvgIpc) is 2.83. The van der Waals surface area contributed by atoms with Crippen molar-refractivity contribution < 1.29 is 29.2 Å². The minimum absolute atomic E-state index is 0.231. The van der Waals surface area contributed by atoms with Crippen molar-refractivity contribution in [2.45, 2.75) is 19.5 Å². The molecular weight excluding hydrogens is 434 g/mol. The number of phenolic OH excluding ortho intramolecular Hbond substituents is 1. The molecule has 0 radical (unpaired) electrons. The van der Waals surface area contributed by atoms with Crippen LogP contribution in [0.1, 0.15) is 32.6 Å². The van der Waals surface area contributed by atoms with Crippen molar-refractivity contribution in [1.29, 1.82) is 0 Å². The van der Waals surface area contributed by atoms with E-state index in [1.54, 1.807) is 37.4 Å². The first-order valence-electron chi connectivity index (χ1n) is 11.2. The van der Waals surface area contributed by atoms with Crippen molar-refractivity contribution >= 4 is 5.97 Å². The zero-order valence-electron chi connectivity index (χ0n) is 19.2. The van der Waals surface area contributed by atoms with Crippen LogP contribution in [0.3, 0.4) is 0 Å². The van der Waals surface area contributed by atoms with Crippen LogP contribution in [0.25, 0.3) is 0 Å². The van der Waals surface area contributed by atoms with E-state index >= 15 is 0 Å². The number of benzene rings is 3. The number of carboxylic acids is 1. The van der Waals surface area contributed by atoms with Gasteiger partial charge >= 0.3 is 5.97 Å². The van der Waals surface area contributed by atoms with Gasteiger partial charge in [0.15, 0.2) is 0 Å². The lowest BCUT2D eigenvalue weighted by Gasteiger charge is -2.24. The normalized spacial score (nSPS) is 15.0. The molecule has 4 rings (SSSR count). The molecular formula is C27H29NO6. The Balaban J connectivity index is 1.61. The summed E-state index contributed by atoms with van der Waals surface area (Å²) in [5.74, 6) is 0.640. The SMILES string of the molecule is COc1ccc(O)c(CN2CCOCCOc3ccc(C(=O)O)cc3Cc3cccc(c3)C2)c1. The topological polar surface area (TPSA) is 88.5 Å². The van der Waals surface area contributed by atoms with Crippen molar-refractivity contribution in [3.8, 4) is 17.2 Å². The van der Waals surface area contributed by atoms with E-state index in [4.69, 9.17) is 14.2 Å². The first kappa shape index (κ1) is 23.6. The molecule has 2 bridgehead atoms. The van der Waals surface area contributed by atoms with Crippen LogP contribution in [0.15, 0.2) is 60.7 Å². The van der Waals surface area contributed by atoms with Crippen LogP contribution in [0.4, 0.5) is 0 Å². The second kappa shape index (κ2) is 11.0. The summed E-state index contributed by atoms with van der Waals surface area (Å²) >= 11 is 0. The molecule has 3 aromatic rings. The van der Waals surface area contributed by atoms with Gasteiger partial charge in [-0.25, -0.2) is 4.79 Å². The molecule has 1 aliphatic heterocycles. The van der Waals surface area contributed by atoms with E-state index in [1.165, 1.54) is 0 Å². The van der Waals surface area contributed by atoms with Crippen molar-refractivity contribution in [2.24, 2.45) is 0 Å². The second-order valence-corrected chi connectivity index (χ2v) is 8.29. The highest BCUT2D eigenvalue weighted by Gasteiger charge is 2.14. The number of fused-ring (bicyclic) bond motifs is 3. The van der Waals surface area contributed by atoms with Crippen LogP contribution in [0, 0.1) is 0 Å². The summed E-state index contributed by atoms with van der Waals surface area (Å²) in [6.45, 7) is 3.20. The molecule has 0 aliphatic carbocycles. The Kier molecular flexibility index (Phi) is 7.67. The molecule has 0 atom stereocenters. The molecule has 0 saturated carbocycles. The van der Waals surface area contributed by atoms with Gasteiger partial charge in [0.25, 0.3) is 0 Å². The number of ether oxygens (including phenoxy) is 3. The molecule has 7 nitrogen and oxygen atoms in total. The van der Waals surface area contributed by atoms with Gasteiger partial charge in [-0.3, -0.25) is 4.90 Å². The van der Waals surface area contributed by atoms with Gasteiger partial charge in [-0.2, -0.15) is 0 Å². The number of rotatable bonds is 4. The van der Waals surface area contributed by atoms with Gasteiger partial charge < -0.3 is 24.4 Å². The molecule has 2 N–H and O–H groups in total. The molecule has 7 heteroatoms. The number of hydrogen-bond acceptors (Lipinski definition) is 6. The highest BCUT2D eigenvalue weighted by molar-refractivity contribution is 5.88. The first-order chi connectivity index (χ1) is 16.5. The largest absolute Gasteiger partial charge is 0.508 e.